The molecule has 0 saturated carbocycles. The van der Waals surface area contributed by atoms with E-state index in [2.05, 4.69) is 21.4 Å². The Morgan fingerprint density at radius 1 is 0.879 bits per heavy atom. The third kappa shape index (κ3) is 3.67. The van der Waals surface area contributed by atoms with Gasteiger partial charge in [-0.05, 0) is 49.7 Å². The van der Waals surface area contributed by atoms with Crippen molar-refractivity contribution in [2.75, 3.05) is 4.90 Å². The van der Waals surface area contributed by atoms with Gasteiger partial charge in [0.1, 0.15) is 6.04 Å². The van der Waals surface area contributed by atoms with E-state index in [0.29, 0.717) is 11.3 Å². The first-order valence-electron chi connectivity index (χ1n) is 10.7. The number of nitrogens with one attached hydrogen (secondary N) is 1. The van der Waals surface area contributed by atoms with E-state index in [9.17, 15) is 14.4 Å². The molecular formula is C26H22BrN3O3. The van der Waals surface area contributed by atoms with Crippen molar-refractivity contribution in [3.05, 3.63) is 99.5 Å². The van der Waals surface area contributed by atoms with E-state index >= 15 is 0 Å². The number of carbonyl (C=O) groups is 3. The van der Waals surface area contributed by atoms with E-state index in [1.165, 1.54) is 9.91 Å². The van der Waals surface area contributed by atoms with Gasteiger partial charge < -0.3 is 0 Å². The average Bonchev–Trinajstić information content (AvgIpc) is 3.31. The molecule has 0 aliphatic carbocycles. The molecule has 7 heteroatoms. The number of hydrogen-bond acceptors (Lipinski definition) is 4. The molecule has 3 atom stereocenters. The van der Waals surface area contributed by atoms with Gasteiger partial charge in [-0.2, -0.15) is 0 Å². The van der Waals surface area contributed by atoms with E-state index in [0.717, 1.165) is 21.2 Å². The van der Waals surface area contributed by atoms with Crippen molar-refractivity contribution < 1.29 is 14.4 Å². The molecule has 2 aliphatic rings. The number of fused-ring (bicyclic) bond motifs is 1. The van der Waals surface area contributed by atoms with Gasteiger partial charge in [-0.25, -0.2) is 10.3 Å². The summed E-state index contributed by atoms with van der Waals surface area (Å²) in [5.41, 5.74) is 7.10. The Morgan fingerprint density at radius 2 is 1.52 bits per heavy atom. The van der Waals surface area contributed by atoms with Crippen LogP contribution in [0.1, 0.15) is 33.1 Å². The monoisotopic (exact) mass is 503 g/mol. The van der Waals surface area contributed by atoms with Gasteiger partial charge in [0.2, 0.25) is 5.91 Å². The van der Waals surface area contributed by atoms with Crippen LogP contribution < -0.4 is 10.3 Å². The molecule has 0 spiro atoms. The zero-order valence-electron chi connectivity index (χ0n) is 18.2. The second kappa shape index (κ2) is 8.24. The third-order valence-corrected chi connectivity index (χ3v) is 6.75. The zero-order valence-corrected chi connectivity index (χ0v) is 19.7. The topological polar surface area (TPSA) is 69.7 Å². The third-order valence-electron chi connectivity index (χ3n) is 6.25. The first-order valence-corrected chi connectivity index (χ1v) is 11.5. The van der Waals surface area contributed by atoms with Crippen LogP contribution in [0, 0.1) is 19.8 Å². The number of imide groups is 1. The summed E-state index contributed by atoms with van der Waals surface area (Å²) in [4.78, 5) is 41.9. The number of halogens is 1. The molecule has 2 heterocycles. The Bertz CT molecular complexity index is 1260. The molecule has 0 radical (unpaired) electrons. The molecule has 33 heavy (non-hydrogen) atoms. The molecule has 0 bridgehead atoms. The molecule has 2 fully saturated rings. The number of rotatable bonds is 3. The molecule has 3 aromatic rings. The summed E-state index contributed by atoms with van der Waals surface area (Å²) >= 11 is 3.40. The standard InChI is InChI=1S/C26H22BrN3O3/c1-15-6-10-17(11-7-15)22-21-23(30(28-22)24(31)18-4-3-5-19(27)14-18)26(33)29(25(21)32)20-12-8-16(2)9-13-20/h3-14,21-23,28H,1-2H3/t21-,22-,23-/m0/s1. The summed E-state index contributed by atoms with van der Waals surface area (Å²) in [5.74, 6) is -1.79. The largest absolute Gasteiger partial charge is 0.274 e. The normalized spacial score (nSPS) is 22.1. The number of hydrazine groups is 1. The minimum atomic E-state index is -0.934. The lowest BCUT2D eigenvalue weighted by Crippen LogP contribution is -2.48. The van der Waals surface area contributed by atoms with E-state index in [-0.39, 0.29) is 11.8 Å². The highest BCUT2D eigenvalue weighted by atomic mass is 79.9. The Balaban J connectivity index is 1.58. The second-order valence-electron chi connectivity index (χ2n) is 8.52. The molecule has 2 saturated heterocycles. The molecule has 0 aromatic heterocycles. The molecule has 5 rings (SSSR count). The van der Waals surface area contributed by atoms with Gasteiger partial charge in [-0.3, -0.25) is 19.4 Å². The number of carbonyl (C=O) groups excluding carboxylic acids is 3. The van der Waals surface area contributed by atoms with Crippen molar-refractivity contribution in [1.29, 1.82) is 0 Å². The molecule has 0 unspecified atom stereocenters. The number of aryl methyl sites for hydroxylation is 2. The summed E-state index contributed by atoms with van der Waals surface area (Å²) in [6.07, 6.45) is 0. The Kier molecular flexibility index (Phi) is 5.38. The van der Waals surface area contributed by atoms with Crippen LogP contribution in [0.3, 0.4) is 0 Å². The fraction of sp³-hybridized carbons (Fsp3) is 0.192. The maximum Gasteiger partial charge on any atom is 0.268 e. The first-order chi connectivity index (χ1) is 15.8. The Morgan fingerprint density at radius 3 is 2.15 bits per heavy atom. The number of nitrogens with zero attached hydrogens (tertiary/aromatic N) is 2. The number of anilines is 1. The van der Waals surface area contributed by atoms with Crippen molar-refractivity contribution in [1.82, 2.24) is 10.4 Å². The van der Waals surface area contributed by atoms with Crippen LogP contribution in [-0.2, 0) is 9.59 Å². The van der Waals surface area contributed by atoms with Gasteiger partial charge in [-0.15, -0.1) is 0 Å². The van der Waals surface area contributed by atoms with Crippen LogP contribution in [0.4, 0.5) is 5.69 Å². The van der Waals surface area contributed by atoms with E-state index in [1.807, 2.05) is 56.3 Å². The number of benzene rings is 3. The summed E-state index contributed by atoms with van der Waals surface area (Å²) in [6, 6.07) is 20.6. The summed E-state index contributed by atoms with van der Waals surface area (Å²) in [5, 5.41) is 1.34. The second-order valence-corrected chi connectivity index (χ2v) is 9.44. The van der Waals surface area contributed by atoms with Gasteiger partial charge in [0, 0.05) is 10.0 Å². The first kappa shape index (κ1) is 21.6. The SMILES string of the molecule is Cc1ccc([C@@H]2NN(C(=O)c3cccc(Br)c3)[C@@H]3C(=O)N(c4ccc(C)cc4)C(=O)[C@H]32)cc1. The predicted octanol–water partition coefficient (Wildman–Crippen LogP) is 4.33. The average molecular weight is 504 g/mol. The van der Waals surface area contributed by atoms with Gasteiger partial charge in [0.25, 0.3) is 11.8 Å². The van der Waals surface area contributed by atoms with Gasteiger partial charge >= 0.3 is 0 Å². The van der Waals surface area contributed by atoms with Crippen molar-refractivity contribution in [2.45, 2.75) is 25.9 Å². The molecule has 3 aromatic carbocycles. The Hall–Kier alpha value is -3.29. The maximum atomic E-state index is 13.6. The van der Waals surface area contributed by atoms with Crippen LogP contribution in [-0.4, -0.2) is 28.8 Å². The molecule has 2 aliphatic heterocycles. The van der Waals surface area contributed by atoms with Crippen LogP contribution in [0.15, 0.2) is 77.3 Å². The highest BCUT2D eigenvalue weighted by Crippen LogP contribution is 2.42. The minimum absolute atomic E-state index is 0.309. The predicted molar refractivity (Wildman–Crippen MR) is 128 cm³/mol. The fourth-order valence-electron chi connectivity index (χ4n) is 4.53. The molecular weight excluding hydrogens is 482 g/mol. The molecule has 3 amide bonds. The molecule has 166 valence electrons. The number of amides is 3. The fourth-order valence-corrected chi connectivity index (χ4v) is 4.93. The van der Waals surface area contributed by atoms with E-state index in [1.54, 1.807) is 30.3 Å². The van der Waals surface area contributed by atoms with Crippen LogP contribution >= 0.6 is 15.9 Å². The lowest BCUT2D eigenvalue weighted by molar-refractivity contribution is -0.123. The van der Waals surface area contributed by atoms with Crippen molar-refractivity contribution >= 4 is 39.3 Å². The Labute approximate surface area is 200 Å². The summed E-state index contributed by atoms with van der Waals surface area (Å²) in [7, 11) is 0. The van der Waals surface area contributed by atoms with Crippen molar-refractivity contribution in [3.63, 3.8) is 0 Å². The zero-order chi connectivity index (χ0) is 23.3. The van der Waals surface area contributed by atoms with Crippen LogP contribution in [0.25, 0.3) is 0 Å². The molecule has 6 nitrogen and oxygen atoms in total. The lowest BCUT2D eigenvalue weighted by atomic mass is 9.90. The van der Waals surface area contributed by atoms with Crippen LogP contribution in [0.5, 0.6) is 0 Å². The highest BCUT2D eigenvalue weighted by Gasteiger charge is 2.60. The minimum Gasteiger partial charge on any atom is -0.274 e. The van der Waals surface area contributed by atoms with Crippen LogP contribution in [0.2, 0.25) is 0 Å². The van der Waals surface area contributed by atoms with Gasteiger partial charge in [-0.1, -0.05) is 69.5 Å². The number of hydrogen-bond donors (Lipinski definition) is 1. The molecule has 1 N–H and O–H groups in total. The quantitative estimate of drug-likeness (QED) is 0.540. The summed E-state index contributed by atoms with van der Waals surface area (Å²) < 4.78 is 0.759. The van der Waals surface area contributed by atoms with Gasteiger partial charge in [0.15, 0.2) is 0 Å². The highest BCUT2D eigenvalue weighted by molar-refractivity contribution is 9.10. The summed E-state index contributed by atoms with van der Waals surface area (Å²) in [6.45, 7) is 3.93. The van der Waals surface area contributed by atoms with E-state index in [4.69, 9.17) is 0 Å². The van der Waals surface area contributed by atoms with Crippen molar-refractivity contribution in [3.8, 4) is 0 Å². The van der Waals surface area contributed by atoms with Gasteiger partial charge in [0.05, 0.1) is 17.6 Å². The van der Waals surface area contributed by atoms with Crippen molar-refractivity contribution in [2.24, 2.45) is 5.92 Å². The smallest absolute Gasteiger partial charge is 0.268 e. The van der Waals surface area contributed by atoms with E-state index < -0.39 is 23.9 Å². The maximum absolute atomic E-state index is 13.6. The lowest BCUT2D eigenvalue weighted by Gasteiger charge is -2.25.